The Balaban J connectivity index is 2.30. The summed E-state index contributed by atoms with van der Waals surface area (Å²) in [5, 5.41) is 13.6. The number of imide groups is 1. The zero-order chi connectivity index (χ0) is 35.5. The van der Waals surface area contributed by atoms with Crippen LogP contribution in [0.5, 0.6) is 0 Å². The van der Waals surface area contributed by atoms with Crippen LogP contribution in [-0.4, -0.2) is 69.0 Å². The van der Waals surface area contributed by atoms with Crippen molar-refractivity contribution < 1.29 is 38.6 Å². The number of hydrazone groups is 1. The van der Waals surface area contributed by atoms with Crippen LogP contribution in [0.4, 0.5) is 5.69 Å². The summed E-state index contributed by atoms with van der Waals surface area (Å²) in [5.74, 6) is -4.14. The maximum atomic E-state index is 14.6. The summed E-state index contributed by atoms with van der Waals surface area (Å²) in [6, 6.07) is 12.5. The highest BCUT2D eigenvalue weighted by atomic mass is 16.6. The Morgan fingerprint density at radius 3 is 2.06 bits per heavy atom. The van der Waals surface area contributed by atoms with E-state index < -0.39 is 70.0 Å². The van der Waals surface area contributed by atoms with Gasteiger partial charge in [0.25, 0.3) is 5.66 Å². The SMILES string of the molecule is CC(=O)[C@](C(=O)OC(C)(C)C)(N1C(=O)CC(Cc2ccc(C=NN)cc2)C1=O)N(C(=O)[C@@H](N)C(C(=O)O)C(C)(C)C)c1ccccc1. The Morgan fingerprint density at radius 2 is 1.60 bits per heavy atom. The first-order chi connectivity index (χ1) is 21.8. The second kappa shape index (κ2) is 13.8. The van der Waals surface area contributed by atoms with Gasteiger partial charge < -0.3 is 21.4 Å². The molecule has 5 N–H and O–H groups in total. The number of carboxylic acids is 1. The van der Waals surface area contributed by atoms with Crippen molar-refractivity contribution in [3.8, 4) is 0 Å². The fourth-order valence-corrected chi connectivity index (χ4v) is 5.80. The highest BCUT2D eigenvalue weighted by Crippen LogP contribution is 2.39. The van der Waals surface area contributed by atoms with Gasteiger partial charge in [0.2, 0.25) is 17.7 Å². The third kappa shape index (κ3) is 7.57. The zero-order valence-corrected chi connectivity index (χ0v) is 27.7. The molecule has 1 aliphatic heterocycles. The number of anilines is 1. The van der Waals surface area contributed by atoms with Gasteiger partial charge in [0.15, 0.2) is 5.78 Å². The number of hydrogen-bond donors (Lipinski definition) is 3. The molecule has 1 saturated heterocycles. The molecule has 0 spiro atoms. The summed E-state index contributed by atoms with van der Waals surface area (Å²) >= 11 is 0. The number of carbonyl (C=O) groups excluding carboxylic acids is 5. The van der Waals surface area contributed by atoms with E-state index in [9.17, 15) is 33.9 Å². The van der Waals surface area contributed by atoms with E-state index in [1.165, 1.54) is 51.3 Å². The monoisotopic (exact) mass is 649 g/mol. The van der Waals surface area contributed by atoms with Crippen LogP contribution in [0.3, 0.4) is 0 Å². The standard InChI is InChI=1S/C34H43N5O8/c1-20(40)34(31(46)47-33(5,6)7,39-25(41)18-23(28(39)42)17-21-13-15-22(16-14-21)19-37-36)38(24-11-9-8-10-12-24)29(43)27(35)26(30(44)45)32(2,3)4/h8-16,19,23,26-27H,17-18,35-36H2,1-7H3,(H,44,45)/t23?,26?,27-,34+/m0/s1. The molecule has 1 heterocycles. The first-order valence-corrected chi connectivity index (χ1v) is 15.1. The average Bonchev–Trinajstić information content (AvgIpc) is 3.23. The summed E-state index contributed by atoms with van der Waals surface area (Å²) < 4.78 is 5.69. The van der Waals surface area contributed by atoms with Crippen molar-refractivity contribution in [3.05, 3.63) is 65.7 Å². The quantitative estimate of drug-likeness (QED) is 0.0811. The lowest BCUT2D eigenvalue weighted by molar-refractivity contribution is -0.179. The van der Waals surface area contributed by atoms with Gasteiger partial charge in [-0.2, -0.15) is 5.10 Å². The molecule has 252 valence electrons. The van der Waals surface area contributed by atoms with Gasteiger partial charge >= 0.3 is 11.9 Å². The van der Waals surface area contributed by atoms with Crippen molar-refractivity contribution in [2.45, 2.75) is 78.6 Å². The largest absolute Gasteiger partial charge is 0.481 e. The molecule has 13 nitrogen and oxygen atoms in total. The summed E-state index contributed by atoms with van der Waals surface area (Å²) in [4.78, 5) is 84.9. The molecule has 1 fully saturated rings. The van der Waals surface area contributed by atoms with E-state index in [4.69, 9.17) is 16.3 Å². The molecule has 4 atom stereocenters. The fourth-order valence-electron chi connectivity index (χ4n) is 5.80. The number of ketones is 1. The zero-order valence-electron chi connectivity index (χ0n) is 27.7. The number of esters is 1. The summed E-state index contributed by atoms with van der Waals surface area (Å²) in [6.45, 7) is 10.2. The second-order valence-electron chi connectivity index (χ2n) is 13.6. The molecule has 3 amide bonds. The van der Waals surface area contributed by atoms with Gasteiger partial charge in [0, 0.05) is 12.1 Å². The summed E-state index contributed by atoms with van der Waals surface area (Å²) in [5.41, 5.74) is 2.37. The molecular formula is C34H43N5O8. The van der Waals surface area contributed by atoms with E-state index in [2.05, 4.69) is 5.10 Å². The first-order valence-electron chi connectivity index (χ1n) is 15.1. The predicted octanol–water partition coefficient (Wildman–Crippen LogP) is 2.63. The average molecular weight is 650 g/mol. The number of amides is 3. The Bertz CT molecular complexity index is 1560. The van der Waals surface area contributed by atoms with Gasteiger partial charge in [0.05, 0.1) is 24.1 Å². The van der Waals surface area contributed by atoms with Gasteiger partial charge in [-0.15, -0.1) is 0 Å². The Labute approximate surface area is 273 Å². The molecule has 3 rings (SSSR count). The van der Waals surface area contributed by atoms with E-state index in [-0.39, 0.29) is 18.5 Å². The van der Waals surface area contributed by atoms with E-state index in [1.54, 1.807) is 51.1 Å². The lowest BCUT2D eigenvalue weighted by Gasteiger charge is -2.46. The summed E-state index contributed by atoms with van der Waals surface area (Å²) in [6.07, 6.45) is 1.12. The Kier molecular flexibility index (Phi) is 10.8. The number of nitrogens with zero attached hydrogens (tertiary/aromatic N) is 3. The third-order valence-electron chi connectivity index (χ3n) is 7.83. The number of benzene rings is 2. The van der Waals surface area contributed by atoms with Gasteiger partial charge in [0.1, 0.15) is 5.60 Å². The van der Waals surface area contributed by atoms with Crippen LogP contribution in [0.15, 0.2) is 59.7 Å². The second-order valence-corrected chi connectivity index (χ2v) is 13.6. The minimum Gasteiger partial charge on any atom is -0.481 e. The molecule has 2 unspecified atom stereocenters. The van der Waals surface area contributed by atoms with Crippen LogP contribution >= 0.6 is 0 Å². The van der Waals surface area contributed by atoms with Gasteiger partial charge in [-0.25, -0.2) is 9.69 Å². The normalized spacial score (nSPS) is 18.0. The maximum Gasteiger partial charge on any atom is 0.363 e. The van der Waals surface area contributed by atoms with Gasteiger partial charge in [-0.3, -0.25) is 28.9 Å². The van der Waals surface area contributed by atoms with E-state index in [0.29, 0.717) is 20.9 Å². The Morgan fingerprint density at radius 1 is 1.02 bits per heavy atom. The smallest absolute Gasteiger partial charge is 0.363 e. The topological polar surface area (TPSA) is 203 Å². The Hall–Kier alpha value is -4.91. The van der Waals surface area contributed by atoms with Crippen molar-refractivity contribution in [3.63, 3.8) is 0 Å². The minimum absolute atomic E-state index is 0.0628. The van der Waals surface area contributed by atoms with Crippen LogP contribution in [0.2, 0.25) is 0 Å². The number of hydrogen-bond acceptors (Lipinski definition) is 10. The maximum absolute atomic E-state index is 14.6. The van der Waals surface area contributed by atoms with Crippen LogP contribution in [0.1, 0.15) is 66.0 Å². The van der Waals surface area contributed by atoms with E-state index in [1.807, 2.05) is 0 Å². The molecule has 1 aliphatic rings. The van der Waals surface area contributed by atoms with Crippen LogP contribution in [0, 0.1) is 17.3 Å². The first kappa shape index (κ1) is 36.6. The molecular weight excluding hydrogens is 606 g/mol. The third-order valence-corrected chi connectivity index (χ3v) is 7.83. The fraction of sp³-hybridized carbons (Fsp3) is 0.441. The number of aliphatic carboxylic acids is 1. The highest BCUT2D eigenvalue weighted by molar-refractivity contribution is 6.23. The number of rotatable bonds is 11. The number of Topliss-reactive ketones (excluding diaryl/α,β-unsaturated/α-hetero) is 1. The molecule has 2 aromatic carbocycles. The number of carbonyl (C=O) groups is 6. The van der Waals surface area contributed by atoms with Crippen molar-refractivity contribution in [2.75, 3.05) is 4.90 Å². The van der Waals surface area contributed by atoms with E-state index >= 15 is 0 Å². The molecule has 13 heteroatoms. The summed E-state index contributed by atoms with van der Waals surface area (Å²) in [7, 11) is 0. The van der Waals surface area contributed by atoms with Crippen molar-refractivity contribution >= 4 is 47.3 Å². The lowest BCUT2D eigenvalue weighted by Crippen LogP contribution is -2.75. The van der Waals surface area contributed by atoms with Crippen molar-refractivity contribution in [1.82, 2.24) is 4.90 Å². The van der Waals surface area contributed by atoms with Crippen LogP contribution in [0.25, 0.3) is 0 Å². The lowest BCUT2D eigenvalue weighted by atomic mass is 9.75. The van der Waals surface area contributed by atoms with Crippen LogP contribution in [-0.2, 0) is 39.9 Å². The predicted molar refractivity (Wildman–Crippen MR) is 174 cm³/mol. The van der Waals surface area contributed by atoms with Gasteiger partial charge in [-0.05, 0) is 62.8 Å². The number of ether oxygens (including phenoxy) is 1. The molecule has 0 saturated carbocycles. The van der Waals surface area contributed by atoms with Crippen molar-refractivity contribution in [2.24, 2.45) is 33.9 Å². The molecule has 47 heavy (non-hydrogen) atoms. The molecule has 2 aromatic rings. The van der Waals surface area contributed by atoms with Gasteiger partial charge in [-0.1, -0.05) is 63.2 Å². The van der Waals surface area contributed by atoms with E-state index in [0.717, 1.165) is 6.92 Å². The number of likely N-dealkylation sites (tertiary alicyclic amines) is 1. The number of para-hydroxylation sites is 1. The molecule has 0 radical (unpaired) electrons. The molecule has 0 bridgehead atoms. The highest BCUT2D eigenvalue weighted by Gasteiger charge is 2.65. The van der Waals surface area contributed by atoms with Crippen molar-refractivity contribution in [1.29, 1.82) is 0 Å². The minimum atomic E-state index is -3.01. The molecule has 0 aromatic heterocycles. The number of nitrogens with two attached hydrogens (primary N) is 2. The number of carboxylic acid groups (broad SMARTS) is 1. The molecule has 0 aliphatic carbocycles. The van der Waals surface area contributed by atoms with Crippen LogP contribution < -0.4 is 16.5 Å².